The summed E-state index contributed by atoms with van der Waals surface area (Å²) in [4.78, 5) is 35.2. The number of ether oxygens (including phenoxy) is 2. The third kappa shape index (κ3) is 6.60. The molecule has 0 bridgehead atoms. The van der Waals surface area contributed by atoms with Crippen LogP contribution in [0.3, 0.4) is 0 Å². The van der Waals surface area contributed by atoms with Crippen LogP contribution in [0.1, 0.15) is 62.1 Å². The Balaban J connectivity index is 2.21. The monoisotopic (exact) mass is 439 g/mol. The van der Waals surface area contributed by atoms with Gasteiger partial charge in [-0.3, -0.25) is 9.69 Å². The van der Waals surface area contributed by atoms with Crippen LogP contribution in [-0.2, 0) is 16.0 Å². The highest BCUT2D eigenvalue weighted by molar-refractivity contribution is 7.20. The molecule has 0 saturated carbocycles. The molecule has 0 aliphatic heterocycles. The maximum absolute atomic E-state index is 12.7. The lowest BCUT2D eigenvalue weighted by molar-refractivity contribution is -0.0568. The lowest BCUT2D eigenvalue weighted by atomic mass is 10.2. The highest BCUT2D eigenvalue weighted by Gasteiger charge is 2.21. The maximum atomic E-state index is 12.7. The van der Waals surface area contributed by atoms with Crippen LogP contribution in [0.4, 0.5) is 0 Å². The van der Waals surface area contributed by atoms with Gasteiger partial charge in [0.05, 0.1) is 36.8 Å². The molecule has 0 spiro atoms. The topological polar surface area (TPSA) is 105 Å². The van der Waals surface area contributed by atoms with Gasteiger partial charge in [-0.25, -0.2) is 9.78 Å². The molecule has 2 rings (SSSR count). The molecule has 0 aliphatic rings. The highest BCUT2D eigenvalue weighted by Crippen LogP contribution is 2.27. The number of H-pyrrole nitrogens is 1. The van der Waals surface area contributed by atoms with E-state index < -0.39 is 12.1 Å². The van der Waals surface area contributed by atoms with Gasteiger partial charge in [0.15, 0.2) is 0 Å². The number of esters is 1. The molecule has 0 saturated heterocycles. The molecule has 9 heteroatoms. The highest BCUT2D eigenvalue weighted by atomic mass is 32.1. The summed E-state index contributed by atoms with van der Waals surface area (Å²) in [7, 11) is 0. The van der Waals surface area contributed by atoms with Crippen LogP contribution in [0.2, 0.25) is 0 Å². The number of carbonyl (C=O) groups excluding carboxylic acids is 1. The number of carbonyl (C=O) groups is 1. The predicted octanol–water partition coefficient (Wildman–Crippen LogP) is 2.86. The van der Waals surface area contributed by atoms with Crippen LogP contribution in [0.25, 0.3) is 10.2 Å². The fraction of sp³-hybridized carbons (Fsp3) is 0.667. The second kappa shape index (κ2) is 10.5. The summed E-state index contributed by atoms with van der Waals surface area (Å²) in [5, 5.41) is 10.8. The average Bonchev–Trinajstić information content (AvgIpc) is 2.97. The van der Waals surface area contributed by atoms with Crippen molar-refractivity contribution >= 4 is 27.5 Å². The van der Waals surface area contributed by atoms with Crippen molar-refractivity contribution in [3.63, 3.8) is 0 Å². The number of nitrogens with one attached hydrogen (secondary N) is 1. The van der Waals surface area contributed by atoms with Gasteiger partial charge >= 0.3 is 5.97 Å². The van der Waals surface area contributed by atoms with Crippen molar-refractivity contribution in [3.05, 3.63) is 26.6 Å². The Morgan fingerprint density at radius 2 is 2.03 bits per heavy atom. The van der Waals surface area contributed by atoms with Gasteiger partial charge in [0, 0.05) is 6.54 Å². The zero-order valence-corrected chi connectivity index (χ0v) is 19.5. The molecule has 2 aromatic rings. The molecule has 1 atom stereocenters. The summed E-state index contributed by atoms with van der Waals surface area (Å²) in [5.74, 6) is 0.0649. The Labute approximate surface area is 181 Å². The molecule has 0 fully saturated rings. The van der Waals surface area contributed by atoms with Crippen LogP contribution in [0.15, 0.2) is 4.79 Å². The second-order valence-corrected chi connectivity index (χ2v) is 9.28. The summed E-state index contributed by atoms with van der Waals surface area (Å²) in [6, 6.07) is 0. The fourth-order valence-corrected chi connectivity index (χ4v) is 4.21. The molecule has 30 heavy (non-hydrogen) atoms. The number of aromatic amines is 1. The van der Waals surface area contributed by atoms with Crippen LogP contribution in [0, 0.1) is 6.92 Å². The SMILES string of the molecule is CCCN(Cc1nc2sc(C(=O)OCC)c(C)c2c(=O)[nH]1)C[C@H](O)COC(C)(C)C. The average molecular weight is 440 g/mol. The van der Waals surface area contributed by atoms with Gasteiger partial charge in [-0.05, 0) is 53.1 Å². The lowest BCUT2D eigenvalue weighted by Crippen LogP contribution is -2.37. The van der Waals surface area contributed by atoms with E-state index in [1.165, 1.54) is 11.3 Å². The fourth-order valence-electron chi connectivity index (χ4n) is 3.11. The summed E-state index contributed by atoms with van der Waals surface area (Å²) >= 11 is 1.17. The van der Waals surface area contributed by atoms with E-state index in [0.717, 1.165) is 13.0 Å². The zero-order valence-electron chi connectivity index (χ0n) is 18.7. The number of nitrogens with zero attached hydrogens (tertiary/aromatic N) is 2. The minimum absolute atomic E-state index is 0.236. The van der Waals surface area contributed by atoms with Crippen molar-refractivity contribution in [2.24, 2.45) is 0 Å². The maximum Gasteiger partial charge on any atom is 0.348 e. The number of thiophene rings is 1. The Bertz CT molecular complexity index is 916. The standard InChI is InChI=1S/C21H33N3O5S/c1-7-9-24(10-14(25)12-29-21(4,5)6)11-15-22-18(26)16-13(3)17(20(27)28-8-2)30-19(16)23-15/h14,25H,7-12H2,1-6H3,(H,22,23,26)/t14-/m0/s1. The molecule has 0 unspecified atom stereocenters. The quantitative estimate of drug-likeness (QED) is 0.549. The minimum Gasteiger partial charge on any atom is -0.462 e. The van der Waals surface area contributed by atoms with Gasteiger partial charge in [-0.1, -0.05) is 6.92 Å². The summed E-state index contributed by atoms with van der Waals surface area (Å²) in [5.41, 5.74) is 0.00322. The first kappa shape index (κ1) is 24.5. The molecule has 168 valence electrons. The van der Waals surface area contributed by atoms with Crippen molar-refractivity contribution < 1.29 is 19.4 Å². The Morgan fingerprint density at radius 1 is 1.33 bits per heavy atom. The number of aryl methyl sites for hydroxylation is 1. The van der Waals surface area contributed by atoms with E-state index in [9.17, 15) is 14.7 Å². The van der Waals surface area contributed by atoms with Crippen LogP contribution in [-0.4, -0.2) is 64.0 Å². The normalized spacial score (nSPS) is 13.2. The van der Waals surface area contributed by atoms with Crippen LogP contribution < -0.4 is 5.56 Å². The first-order valence-corrected chi connectivity index (χ1v) is 11.1. The largest absolute Gasteiger partial charge is 0.462 e. The van der Waals surface area contributed by atoms with Gasteiger partial charge in [-0.2, -0.15) is 0 Å². The Morgan fingerprint density at radius 3 is 2.63 bits per heavy atom. The van der Waals surface area contributed by atoms with E-state index in [1.807, 2.05) is 25.7 Å². The molecule has 0 amide bonds. The molecule has 0 aliphatic carbocycles. The van der Waals surface area contributed by atoms with Crippen LogP contribution in [0.5, 0.6) is 0 Å². The summed E-state index contributed by atoms with van der Waals surface area (Å²) in [6.45, 7) is 13.4. The summed E-state index contributed by atoms with van der Waals surface area (Å²) < 4.78 is 10.7. The molecule has 8 nitrogen and oxygen atoms in total. The smallest absolute Gasteiger partial charge is 0.348 e. The van der Waals surface area contributed by atoms with E-state index in [1.54, 1.807) is 13.8 Å². The number of hydrogen-bond acceptors (Lipinski definition) is 8. The van der Waals surface area contributed by atoms with Gasteiger partial charge in [0.1, 0.15) is 15.5 Å². The Hall–Kier alpha value is -1.81. The lowest BCUT2D eigenvalue weighted by Gasteiger charge is -2.26. The molecule has 2 N–H and O–H groups in total. The first-order valence-electron chi connectivity index (χ1n) is 10.3. The van der Waals surface area contributed by atoms with Crippen LogP contribution >= 0.6 is 11.3 Å². The third-order valence-electron chi connectivity index (χ3n) is 4.40. The zero-order chi connectivity index (χ0) is 22.5. The van der Waals surface area contributed by atoms with E-state index in [4.69, 9.17) is 9.47 Å². The molecular formula is C21H33N3O5S. The van der Waals surface area contributed by atoms with E-state index in [2.05, 4.69) is 16.9 Å². The summed E-state index contributed by atoms with van der Waals surface area (Å²) in [6.07, 6.45) is 0.246. The van der Waals surface area contributed by atoms with Gasteiger partial charge in [0.2, 0.25) is 0 Å². The van der Waals surface area contributed by atoms with Gasteiger partial charge in [0.25, 0.3) is 5.56 Å². The number of aliphatic hydroxyl groups excluding tert-OH is 1. The predicted molar refractivity (Wildman–Crippen MR) is 118 cm³/mol. The van der Waals surface area contributed by atoms with Crippen molar-refractivity contribution in [1.29, 1.82) is 0 Å². The molecular weight excluding hydrogens is 406 g/mol. The number of aromatic nitrogens is 2. The van der Waals surface area contributed by atoms with Gasteiger partial charge in [-0.15, -0.1) is 11.3 Å². The van der Waals surface area contributed by atoms with Gasteiger partial charge < -0.3 is 19.6 Å². The molecule has 2 aromatic heterocycles. The van der Waals surface area contributed by atoms with E-state index in [-0.39, 0.29) is 24.4 Å². The Kier molecular flexibility index (Phi) is 8.54. The second-order valence-electron chi connectivity index (χ2n) is 8.28. The first-order chi connectivity index (χ1) is 14.1. The van der Waals surface area contributed by atoms with E-state index >= 15 is 0 Å². The number of aliphatic hydroxyl groups is 1. The van der Waals surface area contributed by atoms with Crippen molar-refractivity contribution in [3.8, 4) is 0 Å². The van der Waals surface area contributed by atoms with Crippen molar-refractivity contribution in [1.82, 2.24) is 14.9 Å². The minimum atomic E-state index is -0.648. The molecule has 2 heterocycles. The van der Waals surface area contributed by atoms with Crippen molar-refractivity contribution in [2.45, 2.75) is 66.2 Å². The third-order valence-corrected chi connectivity index (χ3v) is 5.57. The van der Waals surface area contributed by atoms with E-state index in [0.29, 0.717) is 39.6 Å². The molecule has 0 radical (unpaired) electrons. The molecule has 0 aromatic carbocycles. The number of fused-ring (bicyclic) bond motifs is 1. The van der Waals surface area contributed by atoms with Crippen molar-refractivity contribution in [2.75, 3.05) is 26.3 Å². The number of rotatable bonds is 10. The number of hydrogen-bond donors (Lipinski definition) is 2.